The first-order chi connectivity index (χ1) is 12.0. The molecule has 0 saturated heterocycles. The molecule has 2 N–H and O–H groups in total. The third kappa shape index (κ3) is 5.93. The topological polar surface area (TPSA) is 84.5 Å². The van der Waals surface area contributed by atoms with Crippen molar-refractivity contribution in [3.05, 3.63) is 65.2 Å². The van der Waals surface area contributed by atoms with Crippen LogP contribution in [0.4, 0.5) is 5.69 Å². The number of esters is 1. The first-order valence-electron chi connectivity index (χ1n) is 7.53. The summed E-state index contributed by atoms with van der Waals surface area (Å²) in [6.45, 7) is 1.04. The SMILES string of the molecule is C[C@H](NC(=O)c1ccc(Cl)cc1)C(=O)OCC(=O)Nc1ccccc1. The molecule has 0 aliphatic heterocycles. The van der Waals surface area contributed by atoms with Gasteiger partial charge in [0.2, 0.25) is 0 Å². The molecule has 2 aromatic carbocycles. The molecule has 0 aromatic heterocycles. The van der Waals surface area contributed by atoms with Crippen molar-refractivity contribution in [2.45, 2.75) is 13.0 Å². The minimum absolute atomic E-state index is 0.367. The van der Waals surface area contributed by atoms with Crippen molar-refractivity contribution in [2.24, 2.45) is 0 Å². The molecule has 0 aliphatic rings. The van der Waals surface area contributed by atoms with E-state index in [4.69, 9.17) is 16.3 Å². The lowest BCUT2D eigenvalue weighted by atomic mass is 10.2. The summed E-state index contributed by atoms with van der Waals surface area (Å²) in [4.78, 5) is 35.6. The fraction of sp³-hybridized carbons (Fsp3) is 0.167. The van der Waals surface area contributed by atoms with E-state index in [1.165, 1.54) is 6.92 Å². The van der Waals surface area contributed by atoms with Gasteiger partial charge in [-0.1, -0.05) is 29.8 Å². The maximum Gasteiger partial charge on any atom is 0.328 e. The zero-order valence-corrected chi connectivity index (χ0v) is 14.2. The molecule has 0 radical (unpaired) electrons. The van der Waals surface area contributed by atoms with Crippen molar-refractivity contribution in [3.63, 3.8) is 0 Å². The molecule has 2 rings (SSSR count). The largest absolute Gasteiger partial charge is 0.454 e. The van der Waals surface area contributed by atoms with Crippen LogP contribution in [0.3, 0.4) is 0 Å². The van der Waals surface area contributed by atoms with Gasteiger partial charge in [-0.3, -0.25) is 9.59 Å². The van der Waals surface area contributed by atoms with Gasteiger partial charge in [-0.15, -0.1) is 0 Å². The highest BCUT2D eigenvalue weighted by molar-refractivity contribution is 6.30. The number of benzene rings is 2. The van der Waals surface area contributed by atoms with Gasteiger partial charge in [0.05, 0.1) is 0 Å². The molecule has 6 nitrogen and oxygen atoms in total. The Morgan fingerprint density at radius 2 is 1.68 bits per heavy atom. The van der Waals surface area contributed by atoms with E-state index in [-0.39, 0.29) is 0 Å². The number of rotatable bonds is 6. The van der Waals surface area contributed by atoms with E-state index in [1.807, 2.05) is 6.07 Å². The van der Waals surface area contributed by atoms with E-state index >= 15 is 0 Å². The second-order valence-corrected chi connectivity index (χ2v) is 5.66. The van der Waals surface area contributed by atoms with Crippen molar-refractivity contribution < 1.29 is 19.1 Å². The van der Waals surface area contributed by atoms with Crippen LogP contribution < -0.4 is 10.6 Å². The van der Waals surface area contributed by atoms with Gasteiger partial charge >= 0.3 is 5.97 Å². The van der Waals surface area contributed by atoms with Crippen molar-refractivity contribution in [1.29, 1.82) is 0 Å². The van der Waals surface area contributed by atoms with Gasteiger partial charge < -0.3 is 15.4 Å². The number of ether oxygens (including phenoxy) is 1. The minimum atomic E-state index is -0.896. The van der Waals surface area contributed by atoms with Gasteiger partial charge in [0, 0.05) is 16.3 Å². The molecule has 7 heteroatoms. The summed E-state index contributed by atoms with van der Waals surface area (Å²) in [7, 11) is 0. The molecule has 0 unspecified atom stereocenters. The average Bonchev–Trinajstić information content (AvgIpc) is 2.61. The van der Waals surface area contributed by atoms with Crippen LogP contribution in [0.15, 0.2) is 54.6 Å². The molecule has 0 fully saturated rings. The summed E-state index contributed by atoms with van der Waals surface area (Å²) < 4.78 is 4.91. The first-order valence-corrected chi connectivity index (χ1v) is 7.91. The van der Waals surface area contributed by atoms with Crippen molar-refractivity contribution >= 4 is 35.1 Å². The second-order valence-electron chi connectivity index (χ2n) is 5.22. The van der Waals surface area contributed by atoms with Crippen LogP contribution in [0.2, 0.25) is 5.02 Å². The highest BCUT2D eigenvalue weighted by Gasteiger charge is 2.19. The van der Waals surface area contributed by atoms with Gasteiger partial charge in [0.15, 0.2) is 6.61 Å². The van der Waals surface area contributed by atoms with Gasteiger partial charge in [-0.25, -0.2) is 4.79 Å². The average molecular weight is 361 g/mol. The Labute approximate surface area is 150 Å². The van der Waals surface area contributed by atoms with Gasteiger partial charge in [0.25, 0.3) is 11.8 Å². The zero-order chi connectivity index (χ0) is 18.2. The molecule has 25 heavy (non-hydrogen) atoms. The summed E-state index contributed by atoms with van der Waals surface area (Å²) >= 11 is 5.76. The number of para-hydroxylation sites is 1. The number of hydrogen-bond acceptors (Lipinski definition) is 4. The van der Waals surface area contributed by atoms with Crippen molar-refractivity contribution in [1.82, 2.24) is 5.32 Å². The summed E-state index contributed by atoms with van der Waals surface area (Å²) in [5, 5.41) is 5.60. The highest BCUT2D eigenvalue weighted by atomic mass is 35.5. The molecule has 1 atom stereocenters. The van der Waals surface area contributed by atoms with Crippen LogP contribution in [0.1, 0.15) is 17.3 Å². The molecule has 0 bridgehead atoms. The van der Waals surface area contributed by atoms with Crippen molar-refractivity contribution in [2.75, 3.05) is 11.9 Å². The van der Waals surface area contributed by atoms with E-state index in [1.54, 1.807) is 48.5 Å². The molecule has 0 spiro atoms. The number of hydrogen-bond donors (Lipinski definition) is 2. The van der Waals surface area contributed by atoms with Crippen LogP contribution in [0, 0.1) is 0 Å². The van der Waals surface area contributed by atoms with Gasteiger partial charge in [-0.05, 0) is 43.3 Å². The van der Waals surface area contributed by atoms with Crippen molar-refractivity contribution in [3.8, 4) is 0 Å². The monoisotopic (exact) mass is 360 g/mol. The Hall–Kier alpha value is -2.86. The molecule has 0 aliphatic carbocycles. The molecule has 2 amide bonds. The lowest BCUT2D eigenvalue weighted by Gasteiger charge is -2.13. The number of halogens is 1. The third-order valence-electron chi connectivity index (χ3n) is 3.21. The molecule has 0 saturated carbocycles. The normalized spacial score (nSPS) is 11.3. The van der Waals surface area contributed by atoms with E-state index in [2.05, 4.69) is 10.6 Å². The molecular formula is C18H17ClN2O4. The Morgan fingerprint density at radius 1 is 1.04 bits per heavy atom. The summed E-state index contributed by atoms with van der Waals surface area (Å²) in [5.41, 5.74) is 0.971. The van der Waals surface area contributed by atoms with Crippen LogP contribution in [0.25, 0.3) is 0 Å². The van der Waals surface area contributed by atoms with E-state index < -0.39 is 30.4 Å². The minimum Gasteiger partial charge on any atom is -0.454 e. The number of carbonyl (C=O) groups excluding carboxylic acids is 3. The van der Waals surface area contributed by atoms with E-state index in [0.717, 1.165) is 0 Å². The van der Waals surface area contributed by atoms with E-state index in [9.17, 15) is 14.4 Å². The zero-order valence-electron chi connectivity index (χ0n) is 13.5. The van der Waals surface area contributed by atoms with E-state index in [0.29, 0.717) is 16.3 Å². The molecule has 130 valence electrons. The lowest BCUT2D eigenvalue weighted by molar-refractivity contribution is -0.148. The van der Waals surface area contributed by atoms with Crippen LogP contribution >= 0.6 is 11.6 Å². The molecule has 0 heterocycles. The van der Waals surface area contributed by atoms with Crippen LogP contribution in [-0.2, 0) is 14.3 Å². The third-order valence-corrected chi connectivity index (χ3v) is 3.46. The number of amides is 2. The van der Waals surface area contributed by atoms with Gasteiger partial charge in [-0.2, -0.15) is 0 Å². The number of nitrogens with one attached hydrogen (secondary N) is 2. The summed E-state index contributed by atoms with van der Waals surface area (Å²) in [6.07, 6.45) is 0. The molecular weight excluding hydrogens is 344 g/mol. The Kier molecular flexibility index (Phi) is 6.54. The Morgan fingerprint density at radius 3 is 2.32 bits per heavy atom. The highest BCUT2D eigenvalue weighted by Crippen LogP contribution is 2.09. The summed E-state index contributed by atoms with van der Waals surface area (Å²) in [5.74, 6) is -1.60. The fourth-order valence-electron chi connectivity index (χ4n) is 1.92. The Bertz CT molecular complexity index is 747. The maximum atomic E-state index is 12.0. The number of carbonyl (C=O) groups is 3. The summed E-state index contributed by atoms with van der Waals surface area (Å²) in [6, 6.07) is 14.1. The predicted octanol–water partition coefficient (Wildman–Crippen LogP) is 2.64. The maximum absolute atomic E-state index is 12.0. The quantitative estimate of drug-likeness (QED) is 0.775. The first kappa shape index (κ1) is 18.5. The van der Waals surface area contributed by atoms with Crippen LogP contribution in [0.5, 0.6) is 0 Å². The second kappa shape index (κ2) is 8.84. The number of anilines is 1. The molecule has 2 aromatic rings. The fourth-order valence-corrected chi connectivity index (χ4v) is 2.05. The smallest absolute Gasteiger partial charge is 0.328 e. The van der Waals surface area contributed by atoms with Crippen LogP contribution in [-0.4, -0.2) is 30.4 Å². The predicted molar refractivity (Wildman–Crippen MR) is 94.4 cm³/mol. The van der Waals surface area contributed by atoms with Gasteiger partial charge in [0.1, 0.15) is 6.04 Å². The Balaban J connectivity index is 1.78. The standard InChI is InChI=1S/C18H17ClN2O4/c1-12(20-17(23)13-7-9-14(19)10-8-13)18(24)25-11-16(22)21-15-5-3-2-4-6-15/h2-10,12H,11H2,1H3,(H,20,23)(H,21,22)/t12-/m0/s1. The lowest BCUT2D eigenvalue weighted by Crippen LogP contribution is -2.40.